The molecule has 2 nitrogen and oxygen atoms in total. The highest BCUT2D eigenvalue weighted by Gasteiger charge is 2.33. The summed E-state index contributed by atoms with van der Waals surface area (Å²) in [5, 5.41) is 0. The van der Waals surface area contributed by atoms with Gasteiger partial charge >= 0.3 is 0 Å². The lowest BCUT2D eigenvalue weighted by atomic mass is 9.76. The Kier molecular flexibility index (Phi) is 6.46. The Bertz CT molecular complexity index is 221. The van der Waals surface area contributed by atoms with Gasteiger partial charge in [0.2, 0.25) is 5.78 Å². The van der Waals surface area contributed by atoms with Crippen LogP contribution in [-0.4, -0.2) is 11.6 Å². The predicted molar refractivity (Wildman–Crippen MR) is 62.8 cm³/mol. The molecule has 0 aromatic rings. The molecule has 88 valence electrons. The molecule has 0 aromatic heterocycles. The van der Waals surface area contributed by atoms with Gasteiger partial charge in [-0.3, -0.25) is 9.59 Å². The van der Waals surface area contributed by atoms with Gasteiger partial charge in [-0.15, -0.1) is 0 Å². The second-order valence-electron chi connectivity index (χ2n) is 4.65. The minimum atomic E-state index is -0.407. The van der Waals surface area contributed by atoms with E-state index in [4.69, 9.17) is 0 Å². The van der Waals surface area contributed by atoms with E-state index in [0.29, 0.717) is 0 Å². The monoisotopic (exact) mass is 212 g/mol. The summed E-state index contributed by atoms with van der Waals surface area (Å²) < 4.78 is 0. The van der Waals surface area contributed by atoms with Crippen molar-refractivity contribution < 1.29 is 9.59 Å². The number of carbonyl (C=O) groups is 2. The van der Waals surface area contributed by atoms with Gasteiger partial charge in [0.1, 0.15) is 0 Å². The molecule has 0 bridgehead atoms. The largest absolute Gasteiger partial charge is 0.291 e. The zero-order chi connectivity index (χ0) is 11.9. The molecule has 0 saturated carbocycles. The highest BCUT2D eigenvalue weighted by atomic mass is 16.2. The molecule has 0 saturated heterocycles. The number of hydrogen-bond acceptors (Lipinski definition) is 2. The second kappa shape index (κ2) is 6.76. The van der Waals surface area contributed by atoms with Crippen molar-refractivity contribution in [3.63, 3.8) is 0 Å². The summed E-state index contributed by atoms with van der Waals surface area (Å²) >= 11 is 0. The van der Waals surface area contributed by atoms with Gasteiger partial charge in [0.05, 0.1) is 0 Å². The van der Waals surface area contributed by atoms with Crippen LogP contribution in [0.5, 0.6) is 0 Å². The fraction of sp³-hybridized carbons (Fsp3) is 0.846. The van der Waals surface area contributed by atoms with Crippen LogP contribution < -0.4 is 0 Å². The van der Waals surface area contributed by atoms with Crippen molar-refractivity contribution >= 4 is 11.6 Å². The van der Waals surface area contributed by atoms with E-state index in [1.54, 1.807) is 0 Å². The number of hydrogen-bond donors (Lipinski definition) is 0. The Labute approximate surface area is 93.4 Å². The predicted octanol–water partition coefficient (Wildman–Crippen LogP) is 3.53. The fourth-order valence-electron chi connectivity index (χ4n) is 2.09. The van der Waals surface area contributed by atoms with Gasteiger partial charge in [-0.1, -0.05) is 46.5 Å². The summed E-state index contributed by atoms with van der Waals surface area (Å²) in [5.41, 5.74) is -0.407. The summed E-state index contributed by atoms with van der Waals surface area (Å²) in [6.07, 6.45) is 5.98. The zero-order valence-electron chi connectivity index (χ0n) is 10.6. The van der Waals surface area contributed by atoms with Gasteiger partial charge in [-0.05, 0) is 12.8 Å². The molecule has 0 spiro atoms. The quantitative estimate of drug-likeness (QED) is 0.455. The molecule has 1 atom stereocenters. The van der Waals surface area contributed by atoms with Gasteiger partial charge < -0.3 is 0 Å². The van der Waals surface area contributed by atoms with Gasteiger partial charge in [0.15, 0.2) is 5.78 Å². The lowest BCUT2D eigenvalue weighted by Gasteiger charge is -2.26. The summed E-state index contributed by atoms with van der Waals surface area (Å²) in [6, 6.07) is 0. The van der Waals surface area contributed by atoms with Crippen molar-refractivity contribution in [3.8, 4) is 0 Å². The standard InChI is InChI=1S/C13H24O2/c1-5-7-8-10-13(4,9-6-2)12(15)11(3)14/h5-10H2,1-4H3. The molecule has 0 aliphatic rings. The van der Waals surface area contributed by atoms with E-state index < -0.39 is 5.41 Å². The lowest BCUT2D eigenvalue weighted by molar-refractivity contribution is -0.141. The van der Waals surface area contributed by atoms with Crippen LogP contribution in [0, 0.1) is 5.41 Å². The summed E-state index contributed by atoms with van der Waals surface area (Å²) in [7, 11) is 0. The van der Waals surface area contributed by atoms with E-state index in [2.05, 4.69) is 13.8 Å². The van der Waals surface area contributed by atoms with Crippen molar-refractivity contribution in [1.29, 1.82) is 0 Å². The highest BCUT2D eigenvalue weighted by molar-refractivity contribution is 6.38. The van der Waals surface area contributed by atoms with Crippen LogP contribution in [0.4, 0.5) is 0 Å². The van der Waals surface area contributed by atoms with E-state index in [-0.39, 0.29) is 11.6 Å². The molecule has 2 heteroatoms. The number of rotatable bonds is 8. The van der Waals surface area contributed by atoms with E-state index in [0.717, 1.165) is 38.5 Å². The average molecular weight is 212 g/mol. The van der Waals surface area contributed by atoms with E-state index in [9.17, 15) is 9.59 Å². The Hall–Kier alpha value is -0.660. The molecule has 0 rings (SSSR count). The molecule has 0 N–H and O–H groups in total. The Balaban J connectivity index is 4.43. The second-order valence-corrected chi connectivity index (χ2v) is 4.65. The molecule has 0 aromatic carbocycles. The molecule has 0 aliphatic carbocycles. The number of Topliss-reactive ketones (excluding diaryl/α,β-unsaturated/α-hetero) is 2. The number of ketones is 2. The summed E-state index contributed by atoms with van der Waals surface area (Å²) in [4.78, 5) is 22.9. The van der Waals surface area contributed by atoms with Gasteiger partial charge in [0, 0.05) is 12.3 Å². The summed E-state index contributed by atoms with van der Waals surface area (Å²) in [5.74, 6) is -0.470. The van der Waals surface area contributed by atoms with E-state index >= 15 is 0 Å². The van der Waals surface area contributed by atoms with Crippen LogP contribution in [0.15, 0.2) is 0 Å². The molecule has 0 aliphatic heterocycles. The van der Waals surface area contributed by atoms with E-state index in [1.165, 1.54) is 6.92 Å². The minimum absolute atomic E-state index is 0.180. The zero-order valence-corrected chi connectivity index (χ0v) is 10.6. The normalized spacial score (nSPS) is 14.7. The molecule has 0 fully saturated rings. The van der Waals surface area contributed by atoms with E-state index in [1.807, 2.05) is 6.92 Å². The number of unbranched alkanes of at least 4 members (excludes halogenated alkanes) is 2. The van der Waals surface area contributed by atoms with Gasteiger partial charge in [-0.2, -0.15) is 0 Å². The van der Waals surface area contributed by atoms with Crippen molar-refractivity contribution in [1.82, 2.24) is 0 Å². The molecule has 0 radical (unpaired) electrons. The first kappa shape index (κ1) is 14.3. The van der Waals surface area contributed by atoms with Gasteiger partial charge in [0.25, 0.3) is 0 Å². The Morgan fingerprint density at radius 3 is 2.00 bits per heavy atom. The van der Waals surface area contributed by atoms with Crippen LogP contribution in [0.3, 0.4) is 0 Å². The van der Waals surface area contributed by atoms with Crippen LogP contribution in [0.1, 0.15) is 66.2 Å². The first-order valence-corrected chi connectivity index (χ1v) is 6.03. The third kappa shape index (κ3) is 4.59. The van der Waals surface area contributed by atoms with Crippen LogP contribution in [0.2, 0.25) is 0 Å². The lowest BCUT2D eigenvalue weighted by Crippen LogP contribution is -2.32. The molecular formula is C13H24O2. The number of carbonyl (C=O) groups excluding carboxylic acids is 2. The fourth-order valence-corrected chi connectivity index (χ4v) is 2.09. The van der Waals surface area contributed by atoms with Crippen LogP contribution in [-0.2, 0) is 9.59 Å². The van der Waals surface area contributed by atoms with Crippen molar-refractivity contribution in [2.45, 2.75) is 66.2 Å². The van der Waals surface area contributed by atoms with Gasteiger partial charge in [-0.25, -0.2) is 0 Å². The first-order valence-electron chi connectivity index (χ1n) is 6.03. The SMILES string of the molecule is CCCCCC(C)(CCC)C(=O)C(C)=O. The molecule has 1 unspecified atom stereocenters. The van der Waals surface area contributed by atoms with Crippen molar-refractivity contribution in [2.75, 3.05) is 0 Å². The van der Waals surface area contributed by atoms with Crippen LogP contribution in [0.25, 0.3) is 0 Å². The van der Waals surface area contributed by atoms with Crippen LogP contribution >= 0.6 is 0 Å². The maximum Gasteiger partial charge on any atom is 0.203 e. The molecule has 0 amide bonds. The Morgan fingerprint density at radius 1 is 1.00 bits per heavy atom. The molecule has 15 heavy (non-hydrogen) atoms. The third-order valence-corrected chi connectivity index (χ3v) is 3.00. The van der Waals surface area contributed by atoms with Crippen molar-refractivity contribution in [2.24, 2.45) is 5.41 Å². The first-order chi connectivity index (χ1) is 6.98. The maximum absolute atomic E-state index is 11.8. The molecular weight excluding hydrogens is 188 g/mol. The topological polar surface area (TPSA) is 34.1 Å². The summed E-state index contributed by atoms with van der Waals surface area (Å²) in [6.45, 7) is 7.53. The van der Waals surface area contributed by atoms with Crippen molar-refractivity contribution in [3.05, 3.63) is 0 Å². The average Bonchev–Trinajstić information content (AvgIpc) is 2.17. The molecule has 0 heterocycles. The third-order valence-electron chi connectivity index (χ3n) is 3.00. The smallest absolute Gasteiger partial charge is 0.203 e. The minimum Gasteiger partial charge on any atom is -0.291 e. The highest BCUT2D eigenvalue weighted by Crippen LogP contribution is 2.31. The Morgan fingerprint density at radius 2 is 1.60 bits per heavy atom. The maximum atomic E-state index is 11.8.